The first-order valence-electron chi connectivity index (χ1n) is 5.81. The minimum absolute atomic E-state index is 0.0754. The highest BCUT2D eigenvalue weighted by Gasteiger charge is 2.09. The quantitative estimate of drug-likeness (QED) is 0.559. The minimum Gasteiger partial charge on any atom is -0.379 e. The number of nitrogens with one attached hydrogen (secondary N) is 1. The van der Waals surface area contributed by atoms with Crippen molar-refractivity contribution in [3.63, 3.8) is 0 Å². The van der Waals surface area contributed by atoms with Crippen molar-refractivity contribution in [3.05, 3.63) is 31.8 Å². The molecule has 0 aliphatic heterocycles. The van der Waals surface area contributed by atoms with Gasteiger partial charge in [0.1, 0.15) is 0 Å². The van der Waals surface area contributed by atoms with Gasteiger partial charge in [-0.3, -0.25) is 4.79 Å². The molecule has 0 unspecified atom stereocenters. The minimum atomic E-state index is -0.0754. The van der Waals surface area contributed by atoms with Crippen LogP contribution in [0.4, 0.5) is 0 Å². The van der Waals surface area contributed by atoms with Crippen LogP contribution in [-0.2, 0) is 4.74 Å². The summed E-state index contributed by atoms with van der Waals surface area (Å²) in [4.78, 5) is 11.9. The summed E-state index contributed by atoms with van der Waals surface area (Å²) in [5, 5.41) is 2.84. The van der Waals surface area contributed by atoms with E-state index >= 15 is 0 Å². The third-order valence-electron chi connectivity index (χ3n) is 2.16. The van der Waals surface area contributed by atoms with Gasteiger partial charge < -0.3 is 10.1 Å². The molecular weight excluding hydrogens is 409 g/mol. The van der Waals surface area contributed by atoms with Crippen LogP contribution in [0.5, 0.6) is 0 Å². The lowest BCUT2D eigenvalue weighted by atomic mass is 10.2. The van der Waals surface area contributed by atoms with Gasteiger partial charge in [0, 0.05) is 21.2 Å². The number of ether oxygens (including phenoxy) is 1. The molecule has 0 radical (unpaired) electrons. The summed E-state index contributed by atoms with van der Waals surface area (Å²) in [5.41, 5.74) is 0.658. The number of amides is 1. The molecule has 1 aromatic carbocycles. The molecule has 0 spiro atoms. The van der Waals surface area contributed by atoms with E-state index in [0.717, 1.165) is 14.6 Å². The van der Waals surface area contributed by atoms with Crippen molar-refractivity contribution in [1.29, 1.82) is 0 Å². The van der Waals surface area contributed by atoms with Crippen LogP contribution in [-0.4, -0.2) is 25.7 Å². The van der Waals surface area contributed by atoms with Gasteiger partial charge >= 0.3 is 0 Å². The summed E-state index contributed by atoms with van der Waals surface area (Å²) in [7, 11) is 0. The maximum atomic E-state index is 11.9. The lowest BCUT2D eigenvalue weighted by molar-refractivity contribution is 0.0885. The normalized spacial score (nSPS) is 10.7. The zero-order valence-electron chi connectivity index (χ0n) is 10.5. The fraction of sp³-hybridized carbons (Fsp3) is 0.462. The van der Waals surface area contributed by atoms with Crippen LogP contribution < -0.4 is 5.32 Å². The molecule has 0 aromatic heterocycles. The van der Waals surface area contributed by atoms with Gasteiger partial charge in [0.15, 0.2) is 0 Å². The van der Waals surface area contributed by atoms with Crippen molar-refractivity contribution in [2.75, 3.05) is 19.8 Å². The smallest absolute Gasteiger partial charge is 0.252 e. The van der Waals surface area contributed by atoms with Gasteiger partial charge in [-0.05, 0) is 62.6 Å². The molecule has 3 nitrogen and oxygen atoms in total. The molecule has 0 atom stereocenters. The van der Waals surface area contributed by atoms with Crippen LogP contribution in [0.3, 0.4) is 0 Å². The SMILES string of the molecule is CC(C)COCCNC(=O)c1cc(I)ccc1Br. The predicted molar refractivity (Wildman–Crippen MR) is 84.8 cm³/mol. The van der Waals surface area contributed by atoms with Crippen molar-refractivity contribution in [3.8, 4) is 0 Å². The molecule has 0 aliphatic rings. The highest BCUT2D eigenvalue weighted by molar-refractivity contribution is 14.1. The molecule has 18 heavy (non-hydrogen) atoms. The maximum Gasteiger partial charge on any atom is 0.252 e. The lowest BCUT2D eigenvalue weighted by Gasteiger charge is -2.09. The number of rotatable bonds is 6. The Kier molecular flexibility index (Phi) is 7.18. The molecule has 0 saturated carbocycles. The summed E-state index contributed by atoms with van der Waals surface area (Å²) in [6.07, 6.45) is 0. The third kappa shape index (κ3) is 5.67. The summed E-state index contributed by atoms with van der Waals surface area (Å²) >= 11 is 5.57. The number of carbonyl (C=O) groups excluding carboxylic acids is 1. The number of carbonyl (C=O) groups is 1. The van der Waals surface area contributed by atoms with Crippen molar-refractivity contribution in [1.82, 2.24) is 5.32 Å². The van der Waals surface area contributed by atoms with E-state index in [0.29, 0.717) is 24.6 Å². The molecule has 1 amide bonds. The van der Waals surface area contributed by atoms with Crippen LogP contribution >= 0.6 is 38.5 Å². The largest absolute Gasteiger partial charge is 0.379 e. The van der Waals surface area contributed by atoms with Crippen LogP contribution in [0.15, 0.2) is 22.7 Å². The molecular formula is C13H17BrINO2. The Morgan fingerprint density at radius 2 is 2.22 bits per heavy atom. The summed E-state index contributed by atoms with van der Waals surface area (Å²) in [6.45, 7) is 6.00. The highest BCUT2D eigenvalue weighted by Crippen LogP contribution is 2.19. The van der Waals surface area contributed by atoms with Crippen LogP contribution in [0, 0.1) is 9.49 Å². The average Bonchev–Trinajstić information content (AvgIpc) is 2.31. The van der Waals surface area contributed by atoms with E-state index in [1.165, 1.54) is 0 Å². The Morgan fingerprint density at radius 3 is 2.89 bits per heavy atom. The molecule has 0 bridgehead atoms. The van der Waals surface area contributed by atoms with Gasteiger partial charge in [-0.15, -0.1) is 0 Å². The first kappa shape index (κ1) is 15.9. The molecule has 1 rings (SSSR count). The van der Waals surface area contributed by atoms with Crippen LogP contribution in [0.2, 0.25) is 0 Å². The topological polar surface area (TPSA) is 38.3 Å². The molecule has 1 aromatic rings. The molecule has 5 heteroatoms. The fourth-order valence-corrected chi connectivity index (χ4v) is 2.24. The summed E-state index contributed by atoms with van der Waals surface area (Å²) in [5.74, 6) is 0.444. The summed E-state index contributed by atoms with van der Waals surface area (Å²) in [6, 6.07) is 5.69. The summed E-state index contributed by atoms with van der Waals surface area (Å²) < 4.78 is 7.26. The second-order valence-corrected chi connectivity index (χ2v) is 6.45. The van der Waals surface area contributed by atoms with E-state index in [1.54, 1.807) is 0 Å². The predicted octanol–water partition coefficient (Wildman–Crippen LogP) is 3.46. The standard InChI is InChI=1S/C13H17BrINO2/c1-9(2)8-18-6-5-16-13(17)11-7-10(15)3-4-12(11)14/h3-4,7,9H,5-6,8H2,1-2H3,(H,16,17). The van der Waals surface area contributed by atoms with E-state index in [1.807, 2.05) is 18.2 Å². The fourth-order valence-electron chi connectivity index (χ4n) is 1.32. The van der Waals surface area contributed by atoms with Gasteiger partial charge in [0.05, 0.1) is 12.2 Å². The Morgan fingerprint density at radius 1 is 1.50 bits per heavy atom. The van der Waals surface area contributed by atoms with Crippen molar-refractivity contribution >= 4 is 44.4 Å². The monoisotopic (exact) mass is 425 g/mol. The first-order valence-corrected chi connectivity index (χ1v) is 7.69. The molecule has 100 valence electrons. The van der Waals surface area contributed by atoms with Crippen LogP contribution in [0.25, 0.3) is 0 Å². The Hall–Kier alpha value is -0.140. The Balaban J connectivity index is 2.39. The van der Waals surface area contributed by atoms with Crippen molar-refractivity contribution < 1.29 is 9.53 Å². The highest BCUT2D eigenvalue weighted by atomic mass is 127. The van der Waals surface area contributed by atoms with E-state index < -0.39 is 0 Å². The number of benzene rings is 1. The number of hydrogen-bond donors (Lipinski definition) is 1. The molecule has 0 saturated heterocycles. The van der Waals surface area contributed by atoms with Gasteiger partial charge in [-0.2, -0.15) is 0 Å². The Bertz CT molecular complexity index is 410. The van der Waals surface area contributed by atoms with Gasteiger partial charge in [-0.25, -0.2) is 0 Å². The second kappa shape index (κ2) is 8.12. The molecule has 0 aliphatic carbocycles. The van der Waals surface area contributed by atoms with E-state index in [9.17, 15) is 4.79 Å². The van der Waals surface area contributed by atoms with Gasteiger partial charge in [0.25, 0.3) is 5.91 Å². The Labute approximate surface area is 130 Å². The molecule has 0 heterocycles. The van der Waals surface area contributed by atoms with Crippen molar-refractivity contribution in [2.24, 2.45) is 5.92 Å². The molecule has 1 N–H and O–H groups in total. The third-order valence-corrected chi connectivity index (χ3v) is 3.52. The van der Waals surface area contributed by atoms with Gasteiger partial charge in [-0.1, -0.05) is 13.8 Å². The number of hydrogen-bond acceptors (Lipinski definition) is 2. The molecule has 0 fully saturated rings. The van der Waals surface area contributed by atoms with E-state index in [2.05, 4.69) is 57.7 Å². The lowest BCUT2D eigenvalue weighted by Crippen LogP contribution is -2.28. The number of halogens is 2. The van der Waals surface area contributed by atoms with E-state index in [4.69, 9.17) is 4.74 Å². The van der Waals surface area contributed by atoms with Crippen molar-refractivity contribution in [2.45, 2.75) is 13.8 Å². The second-order valence-electron chi connectivity index (χ2n) is 4.35. The maximum absolute atomic E-state index is 11.9. The zero-order valence-corrected chi connectivity index (χ0v) is 14.2. The van der Waals surface area contributed by atoms with E-state index in [-0.39, 0.29) is 5.91 Å². The zero-order chi connectivity index (χ0) is 13.5. The first-order chi connectivity index (χ1) is 8.50. The average molecular weight is 426 g/mol. The van der Waals surface area contributed by atoms with Gasteiger partial charge in [0.2, 0.25) is 0 Å². The van der Waals surface area contributed by atoms with Crippen LogP contribution in [0.1, 0.15) is 24.2 Å².